The molecule has 41 heavy (non-hydrogen) atoms. The molecule has 5 aliphatic rings. The molecule has 0 aliphatic heterocycles. The van der Waals surface area contributed by atoms with E-state index in [0.29, 0.717) is 30.6 Å². The highest BCUT2D eigenvalue weighted by atomic mass is 32.3. The molecule has 0 amide bonds. The van der Waals surface area contributed by atoms with E-state index < -0.39 is 38.9 Å². The lowest BCUT2D eigenvalue weighted by atomic mass is 9.41. The summed E-state index contributed by atoms with van der Waals surface area (Å²) >= 11 is 0. The lowest BCUT2D eigenvalue weighted by Crippen LogP contribution is -2.59. The van der Waals surface area contributed by atoms with Crippen molar-refractivity contribution in [1.82, 2.24) is 0 Å². The van der Waals surface area contributed by atoms with E-state index in [-0.39, 0.29) is 33.4 Å². The quantitative estimate of drug-likeness (QED) is 0.236. The maximum Gasteiger partial charge on any atom is 0.397 e. The average molecular weight is 617 g/mol. The fourth-order valence-electron chi connectivity index (χ4n) is 11.7. The standard InChI is InChI=1S/C30H48O9S2/c1-19(2)15-21(31)16-20(3)22-9-11-28(6)24-8-7-23-26(4,18-38-40(32,33)34)25(39-41(35,36)37)10-12-29(23)17-30(24,29)14-13-27(22,28)5/h15,20,22-25H,7-14,16-18H2,1-6H3,(H,32,33,34)(H,35,36,37)/t20?,22-,23?,24+,25+,26+,27-,28+,29-,30+/m1/s1. The molecule has 0 aromatic carbocycles. The Kier molecular flexibility index (Phi) is 7.57. The van der Waals surface area contributed by atoms with Gasteiger partial charge in [-0.3, -0.25) is 13.9 Å². The predicted octanol–water partition coefficient (Wildman–Crippen LogP) is 5.97. The summed E-state index contributed by atoms with van der Waals surface area (Å²) in [6.07, 6.45) is 9.59. The lowest BCUT2D eigenvalue weighted by molar-refractivity contribution is -0.168. The van der Waals surface area contributed by atoms with E-state index >= 15 is 0 Å². The van der Waals surface area contributed by atoms with Crippen LogP contribution in [0.2, 0.25) is 0 Å². The van der Waals surface area contributed by atoms with E-state index in [1.54, 1.807) is 13.0 Å². The van der Waals surface area contributed by atoms with Crippen LogP contribution in [-0.4, -0.2) is 44.4 Å². The molecule has 2 unspecified atom stereocenters. The van der Waals surface area contributed by atoms with Crippen molar-refractivity contribution >= 4 is 26.6 Å². The first-order chi connectivity index (χ1) is 18.7. The molecule has 5 saturated carbocycles. The second-order valence-electron chi connectivity index (χ2n) is 15.3. The number of hydrogen-bond acceptors (Lipinski definition) is 7. The number of fused-ring (bicyclic) bond motifs is 2. The molecule has 0 heterocycles. The topological polar surface area (TPSA) is 144 Å². The molecule has 9 nitrogen and oxygen atoms in total. The maximum atomic E-state index is 12.7. The number of carbonyl (C=O) groups excluding carboxylic acids is 1. The zero-order valence-electron chi connectivity index (χ0n) is 25.3. The molecular weight excluding hydrogens is 568 g/mol. The van der Waals surface area contributed by atoms with Crippen molar-refractivity contribution in [2.45, 2.75) is 112 Å². The first kappa shape index (κ1) is 31.6. The Balaban J connectivity index is 1.44. The number of rotatable bonds is 9. The fraction of sp³-hybridized carbons (Fsp3) is 0.900. The molecule has 0 saturated heterocycles. The molecule has 0 aromatic heterocycles. The van der Waals surface area contributed by atoms with Gasteiger partial charge in [0.1, 0.15) is 0 Å². The van der Waals surface area contributed by atoms with Crippen molar-refractivity contribution in [3.05, 3.63) is 11.6 Å². The van der Waals surface area contributed by atoms with Crippen LogP contribution in [0.5, 0.6) is 0 Å². The zero-order chi connectivity index (χ0) is 30.4. The van der Waals surface area contributed by atoms with E-state index in [2.05, 4.69) is 20.8 Å². The summed E-state index contributed by atoms with van der Waals surface area (Å²) in [5, 5.41) is 0. The van der Waals surface area contributed by atoms with Crippen LogP contribution in [0.3, 0.4) is 0 Å². The zero-order valence-corrected chi connectivity index (χ0v) is 26.9. The SMILES string of the molecule is CC(C)=CC(=O)CC(C)[C@H]1CC[C@@]2(C)[C@@H]3CCC4[C@@]5(CC[C@H](OS(=O)(=O)O)[C@@]4(C)COS(=O)(=O)O)C[C@@]35CC[C@]12C. The van der Waals surface area contributed by atoms with Gasteiger partial charge in [0.15, 0.2) is 5.78 Å². The number of allylic oxidation sites excluding steroid dienone is 2. The van der Waals surface area contributed by atoms with Gasteiger partial charge in [-0.25, -0.2) is 8.37 Å². The van der Waals surface area contributed by atoms with Crippen molar-refractivity contribution in [1.29, 1.82) is 0 Å². The summed E-state index contributed by atoms with van der Waals surface area (Å²) in [6, 6.07) is 0. The van der Waals surface area contributed by atoms with Crippen LogP contribution in [0.4, 0.5) is 0 Å². The van der Waals surface area contributed by atoms with E-state index in [1.165, 1.54) is 0 Å². The smallest absolute Gasteiger partial charge is 0.295 e. The average Bonchev–Trinajstić information content (AvgIpc) is 3.40. The minimum Gasteiger partial charge on any atom is -0.295 e. The van der Waals surface area contributed by atoms with E-state index in [0.717, 1.165) is 56.9 Å². The molecule has 10 atom stereocenters. The first-order valence-electron chi connectivity index (χ1n) is 15.2. The van der Waals surface area contributed by atoms with Gasteiger partial charge < -0.3 is 0 Å². The van der Waals surface area contributed by atoms with Crippen LogP contribution >= 0.6 is 0 Å². The summed E-state index contributed by atoms with van der Waals surface area (Å²) in [7, 11) is -9.52. The Hall–Kier alpha value is -0.850. The molecule has 2 spiro atoms. The van der Waals surface area contributed by atoms with Gasteiger partial charge in [-0.15, -0.1) is 0 Å². The Labute approximate surface area is 246 Å². The van der Waals surface area contributed by atoms with Crippen LogP contribution in [0, 0.1) is 50.7 Å². The van der Waals surface area contributed by atoms with Gasteiger partial charge in [0, 0.05) is 11.8 Å². The Morgan fingerprint density at radius 2 is 1.51 bits per heavy atom. The van der Waals surface area contributed by atoms with Crippen LogP contribution in [-0.2, 0) is 34.0 Å². The number of hydrogen-bond donors (Lipinski definition) is 2. The fourth-order valence-corrected chi connectivity index (χ4v) is 12.7. The lowest BCUT2D eigenvalue weighted by Gasteiger charge is -2.63. The van der Waals surface area contributed by atoms with Crippen LogP contribution in [0.1, 0.15) is 106 Å². The third-order valence-corrected chi connectivity index (χ3v) is 14.2. The van der Waals surface area contributed by atoms with Gasteiger partial charge in [0.05, 0.1) is 12.7 Å². The number of ketones is 1. The molecule has 5 fully saturated rings. The highest BCUT2D eigenvalue weighted by molar-refractivity contribution is 7.81. The third kappa shape index (κ3) is 4.89. The molecule has 5 rings (SSSR count). The van der Waals surface area contributed by atoms with Gasteiger partial charge in [-0.2, -0.15) is 16.8 Å². The Morgan fingerprint density at radius 1 is 0.878 bits per heavy atom. The molecule has 0 bridgehead atoms. The minimum absolute atomic E-state index is 0.0701. The summed E-state index contributed by atoms with van der Waals surface area (Å²) in [6.45, 7) is 12.5. The summed E-state index contributed by atoms with van der Waals surface area (Å²) in [4.78, 5) is 12.7. The second kappa shape index (κ2) is 9.83. The maximum absolute atomic E-state index is 12.7. The second-order valence-corrected chi connectivity index (χ2v) is 17.4. The predicted molar refractivity (Wildman–Crippen MR) is 153 cm³/mol. The van der Waals surface area contributed by atoms with Crippen molar-refractivity contribution in [2.75, 3.05) is 6.61 Å². The highest BCUT2D eigenvalue weighted by Gasteiger charge is 2.82. The first-order valence-corrected chi connectivity index (χ1v) is 17.9. The third-order valence-electron chi connectivity index (χ3n) is 13.3. The van der Waals surface area contributed by atoms with Gasteiger partial charge in [-0.1, -0.05) is 33.3 Å². The van der Waals surface area contributed by atoms with Gasteiger partial charge in [0.2, 0.25) is 0 Å². The normalized spacial score (nSPS) is 46.0. The molecule has 0 radical (unpaired) electrons. The summed E-state index contributed by atoms with van der Waals surface area (Å²) in [5.74, 6) is 1.40. The van der Waals surface area contributed by atoms with Gasteiger partial charge >= 0.3 is 20.8 Å². The van der Waals surface area contributed by atoms with Gasteiger partial charge in [0.25, 0.3) is 0 Å². The Morgan fingerprint density at radius 3 is 2.12 bits per heavy atom. The van der Waals surface area contributed by atoms with Crippen molar-refractivity contribution < 1.29 is 39.1 Å². The largest absolute Gasteiger partial charge is 0.397 e. The number of carbonyl (C=O) groups is 1. The molecule has 11 heteroatoms. The molecule has 5 aliphatic carbocycles. The van der Waals surface area contributed by atoms with E-state index in [9.17, 15) is 30.7 Å². The molecule has 2 N–H and O–H groups in total. The van der Waals surface area contributed by atoms with Crippen LogP contribution < -0.4 is 0 Å². The summed E-state index contributed by atoms with van der Waals surface area (Å²) < 4.78 is 75.7. The van der Waals surface area contributed by atoms with Crippen molar-refractivity contribution in [3.63, 3.8) is 0 Å². The van der Waals surface area contributed by atoms with Crippen molar-refractivity contribution in [3.8, 4) is 0 Å². The minimum atomic E-state index is -4.77. The summed E-state index contributed by atoms with van der Waals surface area (Å²) in [5.41, 5.74) is 0.236. The van der Waals surface area contributed by atoms with Crippen LogP contribution in [0.25, 0.3) is 0 Å². The van der Waals surface area contributed by atoms with Crippen molar-refractivity contribution in [2.24, 2.45) is 50.7 Å². The molecule has 0 aromatic rings. The molecule has 234 valence electrons. The van der Waals surface area contributed by atoms with E-state index in [1.807, 2.05) is 13.8 Å². The van der Waals surface area contributed by atoms with Gasteiger partial charge in [-0.05, 0) is 123 Å². The van der Waals surface area contributed by atoms with E-state index in [4.69, 9.17) is 8.37 Å². The highest BCUT2D eigenvalue weighted by Crippen LogP contribution is 2.89. The monoisotopic (exact) mass is 616 g/mol. The molecular formula is C30H48O9S2. The Bertz CT molecular complexity index is 1340. The van der Waals surface area contributed by atoms with Crippen LogP contribution in [0.15, 0.2) is 11.6 Å².